The van der Waals surface area contributed by atoms with Gasteiger partial charge in [0.1, 0.15) is 0 Å². The van der Waals surface area contributed by atoms with Crippen LogP contribution in [0.4, 0.5) is 0 Å². The number of hydrogen-bond donors (Lipinski definition) is 1. The van der Waals surface area contributed by atoms with Gasteiger partial charge in [0.05, 0.1) is 0 Å². The highest BCUT2D eigenvalue weighted by Crippen LogP contribution is 1.82. The fourth-order valence-electron chi connectivity index (χ4n) is 0.545. The third kappa shape index (κ3) is 7.18. The predicted octanol–water partition coefficient (Wildman–Crippen LogP) is 1.89. The first-order chi connectivity index (χ1) is 4.91. The van der Waals surface area contributed by atoms with E-state index in [9.17, 15) is 0 Å². The number of rotatable bonds is 5. The SMILES string of the molecule is C=C/C=C\C=C\CCNC. The van der Waals surface area contributed by atoms with Gasteiger partial charge in [-0.25, -0.2) is 0 Å². The molecule has 0 aromatic heterocycles. The van der Waals surface area contributed by atoms with Crippen molar-refractivity contribution in [1.82, 2.24) is 5.32 Å². The monoisotopic (exact) mass is 137 g/mol. The van der Waals surface area contributed by atoms with Gasteiger partial charge in [0, 0.05) is 0 Å². The lowest BCUT2D eigenvalue weighted by atomic mass is 10.3. The quantitative estimate of drug-likeness (QED) is 0.451. The first kappa shape index (κ1) is 9.18. The van der Waals surface area contributed by atoms with Crippen LogP contribution < -0.4 is 5.32 Å². The second kappa shape index (κ2) is 8.18. The van der Waals surface area contributed by atoms with Crippen LogP contribution in [-0.2, 0) is 0 Å². The van der Waals surface area contributed by atoms with Gasteiger partial charge in [-0.05, 0) is 20.0 Å². The summed E-state index contributed by atoms with van der Waals surface area (Å²) in [4.78, 5) is 0. The molecule has 0 bridgehead atoms. The van der Waals surface area contributed by atoms with Crippen LogP contribution in [0.1, 0.15) is 6.42 Å². The molecule has 0 aliphatic carbocycles. The molecule has 0 unspecified atom stereocenters. The summed E-state index contributed by atoms with van der Waals surface area (Å²) in [6.45, 7) is 4.60. The highest BCUT2D eigenvalue weighted by atomic mass is 14.8. The fourth-order valence-corrected chi connectivity index (χ4v) is 0.545. The molecule has 0 aliphatic rings. The van der Waals surface area contributed by atoms with Crippen molar-refractivity contribution in [3.63, 3.8) is 0 Å². The Hall–Kier alpha value is -0.820. The second-order valence-corrected chi connectivity index (χ2v) is 1.94. The Bertz CT molecular complexity index is 123. The molecular weight excluding hydrogens is 122 g/mol. The van der Waals surface area contributed by atoms with Crippen molar-refractivity contribution in [2.45, 2.75) is 6.42 Å². The molecule has 0 aromatic rings. The Morgan fingerprint density at radius 3 is 2.70 bits per heavy atom. The number of allylic oxidation sites excluding steroid dienone is 4. The molecule has 0 aliphatic heterocycles. The smallest absolute Gasteiger partial charge is 0.00172 e. The van der Waals surface area contributed by atoms with Crippen molar-refractivity contribution < 1.29 is 0 Å². The summed E-state index contributed by atoms with van der Waals surface area (Å²) in [5, 5.41) is 3.06. The van der Waals surface area contributed by atoms with Crippen molar-refractivity contribution >= 4 is 0 Å². The van der Waals surface area contributed by atoms with Gasteiger partial charge in [-0.15, -0.1) is 0 Å². The minimum atomic E-state index is 1.04. The first-order valence-electron chi connectivity index (χ1n) is 3.50. The number of hydrogen-bond acceptors (Lipinski definition) is 1. The van der Waals surface area contributed by atoms with Gasteiger partial charge in [0.25, 0.3) is 0 Å². The van der Waals surface area contributed by atoms with E-state index >= 15 is 0 Å². The zero-order valence-corrected chi connectivity index (χ0v) is 6.51. The summed E-state index contributed by atoms with van der Waals surface area (Å²) in [5.74, 6) is 0. The largest absolute Gasteiger partial charge is 0.319 e. The lowest BCUT2D eigenvalue weighted by Gasteiger charge is -1.88. The maximum absolute atomic E-state index is 3.56. The molecule has 1 nitrogen and oxygen atoms in total. The average molecular weight is 137 g/mol. The van der Waals surface area contributed by atoms with Crippen LogP contribution in [0.5, 0.6) is 0 Å². The fraction of sp³-hybridized carbons (Fsp3) is 0.333. The Labute approximate surface area is 63.1 Å². The molecule has 0 saturated carbocycles. The Morgan fingerprint density at radius 1 is 1.30 bits per heavy atom. The molecule has 0 atom stereocenters. The van der Waals surface area contributed by atoms with Crippen molar-refractivity contribution in [2.75, 3.05) is 13.6 Å². The molecule has 0 radical (unpaired) electrons. The topological polar surface area (TPSA) is 12.0 Å². The predicted molar refractivity (Wildman–Crippen MR) is 47.0 cm³/mol. The lowest BCUT2D eigenvalue weighted by molar-refractivity contribution is 0.808. The maximum Gasteiger partial charge on any atom is -0.00172 e. The Kier molecular flexibility index (Phi) is 7.51. The van der Waals surface area contributed by atoms with E-state index in [1.165, 1.54) is 0 Å². The minimum Gasteiger partial charge on any atom is -0.319 e. The molecule has 1 heteroatoms. The van der Waals surface area contributed by atoms with Crippen LogP contribution in [0.2, 0.25) is 0 Å². The summed E-state index contributed by atoms with van der Waals surface area (Å²) in [6.07, 6.45) is 10.9. The molecule has 0 saturated heterocycles. The molecule has 0 rings (SSSR count). The Balaban J connectivity index is 3.19. The summed E-state index contributed by atoms with van der Waals surface area (Å²) in [5.41, 5.74) is 0. The van der Waals surface area contributed by atoms with E-state index in [1.807, 2.05) is 25.3 Å². The molecule has 0 aromatic carbocycles. The van der Waals surface area contributed by atoms with E-state index in [0.717, 1.165) is 13.0 Å². The van der Waals surface area contributed by atoms with Gasteiger partial charge in [-0.2, -0.15) is 0 Å². The zero-order valence-electron chi connectivity index (χ0n) is 6.51. The van der Waals surface area contributed by atoms with Crippen LogP contribution in [-0.4, -0.2) is 13.6 Å². The van der Waals surface area contributed by atoms with Gasteiger partial charge < -0.3 is 5.32 Å². The van der Waals surface area contributed by atoms with Crippen molar-refractivity contribution in [1.29, 1.82) is 0 Å². The summed E-state index contributed by atoms with van der Waals surface area (Å²) in [7, 11) is 1.95. The minimum absolute atomic E-state index is 1.04. The van der Waals surface area contributed by atoms with E-state index in [2.05, 4.69) is 18.0 Å². The average Bonchev–Trinajstić information content (AvgIpc) is 1.97. The van der Waals surface area contributed by atoms with E-state index < -0.39 is 0 Å². The van der Waals surface area contributed by atoms with Crippen LogP contribution in [0.3, 0.4) is 0 Å². The molecule has 56 valence electrons. The third-order valence-corrected chi connectivity index (χ3v) is 1.06. The molecular formula is C9H15N. The highest BCUT2D eigenvalue weighted by molar-refractivity contribution is 5.08. The molecule has 0 amide bonds. The third-order valence-electron chi connectivity index (χ3n) is 1.06. The van der Waals surface area contributed by atoms with E-state index in [-0.39, 0.29) is 0 Å². The summed E-state index contributed by atoms with van der Waals surface area (Å²) < 4.78 is 0. The van der Waals surface area contributed by atoms with Gasteiger partial charge in [-0.1, -0.05) is 37.0 Å². The Morgan fingerprint density at radius 2 is 2.10 bits per heavy atom. The van der Waals surface area contributed by atoms with Crippen LogP contribution in [0.15, 0.2) is 37.0 Å². The van der Waals surface area contributed by atoms with Gasteiger partial charge in [0.15, 0.2) is 0 Å². The summed E-state index contributed by atoms with van der Waals surface area (Å²) in [6, 6.07) is 0. The molecule has 10 heavy (non-hydrogen) atoms. The first-order valence-corrected chi connectivity index (χ1v) is 3.50. The molecule has 0 heterocycles. The van der Waals surface area contributed by atoms with Gasteiger partial charge in [0.2, 0.25) is 0 Å². The van der Waals surface area contributed by atoms with E-state index in [4.69, 9.17) is 0 Å². The second-order valence-electron chi connectivity index (χ2n) is 1.94. The normalized spacial score (nSPS) is 11.3. The van der Waals surface area contributed by atoms with Crippen molar-refractivity contribution in [3.05, 3.63) is 37.0 Å². The molecule has 0 fully saturated rings. The maximum atomic E-state index is 3.56. The number of nitrogens with one attached hydrogen (secondary N) is 1. The highest BCUT2D eigenvalue weighted by Gasteiger charge is 1.72. The van der Waals surface area contributed by atoms with Crippen LogP contribution in [0, 0.1) is 0 Å². The van der Waals surface area contributed by atoms with Gasteiger partial charge >= 0.3 is 0 Å². The van der Waals surface area contributed by atoms with Crippen molar-refractivity contribution in [2.24, 2.45) is 0 Å². The zero-order chi connectivity index (χ0) is 7.66. The van der Waals surface area contributed by atoms with Crippen molar-refractivity contribution in [3.8, 4) is 0 Å². The summed E-state index contributed by atoms with van der Waals surface area (Å²) >= 11 is 0. The van der Waals surface area contributed by atoms with Crippen LogP contribution >= 0.6 is 0 Å². The van der Waals surface area contributed by atoms with Gasteiger partial charge in [-0.3, -0.25) is 0 Å². The lowest BCUT2D eigenvalue weighted by Crippen LogP contribution is -2.05. The van der Waals surface area contributed by atoms with Crippen LogP contribution in [0.25, 0.3) is 0 Å². The van der Waals surface area contributed by atoms with E-state index in [1.54, 1.807) is 6.08 Å². The molecule has 0 spiro atoms. The molecule has 1 N–H and O–H groups in total. The standard InChI is InChI=1S/C9H15N/c1-3-4-5-6-7-8-9-10-2/h3-7,10H,1,8-9H2,2H3/b5-4-,7-6+. The van der Waals surface area contributed by atoms with E-state index in [0.29, 0.717) is 0 Å².